The van der Waals surface area contributed by atoms with E-state index < -0.39 is 5.97 Å². The van der Waals surface area contributed by atoms with E-state index in [1.807, 2.05) is 67.3 Å². The Morgan fingerprint density at radius 1 is 1.11 bits per heavy atom. The Balaban J connectivity index is 1.71. The summed E-state index contributed by atoms with van der Waals surface area (Å²) >= 11 is 0. The molecule has 3 aromatic rings. The third-order valence-corrected chi connectivity index (χ3v) is 7.24. The molecule has 0 saturated heterocycles. The maximum absolute atomic E-state index is 13.2. The molecule has 0 radical (unpaired) electrons. The Bertz CT molecular complexity index is 1280. The van der Waals surface area contributed by atoms with Gasteiger partial charge in [-0.2, -0.15) is 0 Å². The summed E-state index contributed by atoms with van der Waals surface area (Å²) in [6.45, 7) is 7.00. The van der Waals surface area contributed by atoms with Crippen molar-refractivity contribution >= 4 is 23.3 Å². The average molecular weight is 487 g/mol. The van der Waals surface area contributed by atoms with Crippen molar-refractivity contribution in [1.29, 1.82) is 0 Å². The molecule has 1 aliphatic heterocycles. The Morgan fingerprint density at radius 3 is 2.50 bits per heavy atom. The number of nitrogen functional groups attached to an aromatic ring is 1. The number of carbonyl (C=O) groups is 2. The molecule has 36 heavy (non-hydrogen) atoms. The van der Waals surface area contributed by atoms with E-state index in [4.69, 9.17) is 11.6 Å². The van der Waals surface area contributed by atoms with Gasteiger partial charge in [0.15, 0.2) is 0 Å². The van der Waals surface area contributed by atoms with Gasteiger partial charge in [0.25, 0.3) is 5.91 Å². The Kier molecular flexibility index (Phi) is 7.31. The number of carbonyl (C=O) groups excluding carboxylic acids is 1. The lowest BCUT2D eigenvalue weighted by atomic mass is 9.82. The number of hydrazine groups is 1. The molecule has 4 rings (SSSR count). The van der Waals surface area contributed by atoms with Gasteiger partial charge in [0.2, 0.25) is 0 Å². The van der Waals surface area contributed by atoms with Gasteiger partial charge in [-0.15, -0.1) is 0 Å². The SMILES string of the molecule is CCN(N)c1ccc(C(CC(=O)O)c2ccc3c(c2)CN(C(=O)c2ccccc2)C(C)C3)c(C)c1N. The van der Waals surface area contributed by atoms with Gasteiger partial charge in [-0.1, -0.05) is 42.5 Å². The summed E-state index contributed by atoms with van der Waals surface area (Å²) in [4.78, 5) is 27.0. The Morgan fingerprint density at radius 2 is 1.83 bits per heavy atom. The van der Waals surface area contributed by atoms with Crippen molar-refractivity contribution in [2.24, 2.45) is 5.84 Å². The highest BCUT2D eigenvalue weighted by Crippen LogP contribution is 2.38. The van der Waals surface area contributed by atoms with Gasteiger partial charge in [-0.25, -0.2) is 5.84 Å². The average Bonchev–Trinajstić information content (AvgIpc) is 2.88. The minimum absolute atomic E-state index is 0.00251. The zero-order chi connectivity index (χ0) is 26.0. The molecule has 2 unspecified atom stereocenters. The number of nitrogens with two attached hydrogens (primary N) is 2. The molecule has 1 amide bonds. The number of hydrogen-bond acceptors (Lipinski definition) is 5. The normalized spacial score (nSPS) is 15.8. The first-order chi connectivity index (χ1) is 17.2. The number of nitrogens with zero attached hydrogens (tertiary/aromatic N) is 2. The van der Waals surface area contributed by atoms with Crippen LogP contribution >= 0.6 is 0 Å². The van der Waals surface area contributed by atoms with E-state index in [1.54, 1.807) is 5.01 Å². The van der Waals surface area contributed by atoms with E-state index in [0.717, 1.165) is 34.4 Å². The number of fused-ring (bicyclic) bond motifs is 1. The molecular formula is C29H34N4O3. The number of amides is 1. The van der Waals surface area contributed by atoms with Crippen LogP contribution in [0.2, 0.25) is 0 Å². The summed E-state index contributed by atoms with van der Waals surface area (Å²) in [5.41, 5.74) is 13.2. The van der Waals surface area contributed by atoms with Crippen molar-refractivity contribution in [1.82, 2.24) is 4.90 Å². The van der Waals surface area contributed by atoms with Crippen LogP contribution in [0.3, 0.4) is 0 Å². The molecule has 7 heteroatoms. The van der Waals surface area contributed by atoms with Crippen LogP contribution in [-0.2, 0) is 17.8 Å². The summed E-state index contributed by atoms with van der Waals surface area (Å²) in [5.74, 6) is 4.81. The molecule has 1 aliphatic rings. The fourth-order valence-corrected chi connectivity index (χ4v) is 5.11. The molecule has 2 atom stereocenters. The summed E-state index contributed by atoms with van der Waals surface area (Å²) in [6.07, 6.45) is 0.684. The fourth-order valence-electron chi connectivity index (χ4n) is 5.11. The lowest BCUT2D eigenvalue weighted by molar-refractivity contribution is -0.137. The van der Waals surface area contributed by atoms with Gasteiger partial charge in [0, 0.05) is 30.6 Å². The molecular weight excluding hydrogens is 452 g/mol. The van der Waals surface area contributed by atoms with E-state index in [0.29, 0.717) is 24.3 Å². The highest BCUT2D eigenvalue weighted by atomic mass is 16.4. The Hall–Kier alpha value is -3.84. The van der Waals surface area contributed by atoms with Crippen LogP contribution in [0.1, 0.15) is 64.4 Å². The number of anilines is 2. The van der Waals surface area contributed by atoms with Crippen molar-refractivity contribution in [2.75, 3.05) is 17.3 Å². The van der Waals surface area contributed by atoms with Crippen molar-refractivity contribution in [3.05, 3.63) is 94.0 Å². The highest BCUT2D eigenvalue weighted by molar-refractivity contribution is 5.94. The molecule has 1 heterocycles. The molecule has 0 bridgehead atoms. The van der Waals surface area contributed by atoms with Crippen molar-refractivity contribution in [3.63, 3.8) is 0 Å². The van der Waals surface area contributed by atoms with Gasteiger partial charge in [-0.05, 0) is 73.2 Å². The summed E-state index contributed by atoms with van der Waals surface area (Å²) in [7, 11) is 0. The smallest absolute Gasteiger partial charge is 0.304 e. The maximum Gasteiger partial charge on any atom is 0.304 e. The first-order valence-electron chi connectivity index (χ1n) is 12.3. The zero-order valence-electron chi connectivity index (χ0n) is 21.1. The number of carboxylic acids is 1. The molecule has 3 aromatic carbocycles. The summed E-state index contributed by atoms with van der Waals surface area (Å²) in [6, 6.07) is 19.3. The zero-order valence-corrected chi connectivity index (χ0v) is 21.1. The van der Waals surface area contributed by atoms with Crippen molar-refractivity contribution in [3.8, 4) is 0 Å². The van der Waals surface area contributed by atoms with E-state index >= 15 is 0 Å². The number of aliphatic carboxylic acids is 1. The maximum atomic E-state index is 13.2. The van der Waals surface area contributed by atoms with Crippen LogP contribution in [0.15, 0.2) is 60.7 Å². The molecule has 7 nitrogen and oxygen atoms in total. The van der Waals surface area contributed by atoms with Crippen molar-refractivity contribution < 1.29 is 14.7 Å². The lowest BCUT2D eigenvalue weighted by Gasteiger charge is -2.35. The fraction of sp³-hybridized carbons (Fsp3) is 0.310. The molecule has 0 aliphatic carbocycles. The molecule has 0 fully saturated rings. The summed E-state index contributed by atoms with van der Waals surface area (Å²) < 4.78 is 0. The monoisotopic (exact) mass is 486 g/mol. The van der Waals surface area contributed by atoms with E-state index in [1.165, 1.54) is 5.56 Å². The second-order valence-corrected chi connectivity index (χ2v) is 9.53. The largest absolute Gasteiger partial charge is 0.481 e. The van der Waals surface area contributed by atoms with E-state index in [2.05, 4.69) is 19.1 Å². The third kappa shape index (κ3) is 4.93. The predicted molar refractivity (Wildman–Crippen MR) is 143 cm³/mol. The number of hydrogen-bond donors (Lipinski definition) is 3. The number of rotatable bonds is 7. The topological polar surface area (TPSA) is 113 Å². The third-order valence-electron chi connectivity index (χ3n) is 7.24. The molecule has 5 N–H and O–H groups in total. The lowest BCUT2D eigenvalue weighted by Crippen LogP contribution is -2.42. The minimum Gasteiger partial charge on any atom is -0.481 e. The van der Waals surface area contributed by atoms with Crippen molar-refractivity contribution in [2.45, 2.75) is 52.1 Å². The van der Waals surface area contributed by atoms with Crippen LogP contribution in [0.4, 0.5) is 11.4 Å². The van der Waals surface area contributed by atoms with Crippen LogP contribution in [-0.4, -0.2) is 34.5 Å². The quantitative estimate of drug-likeness (QED) is 0.258. The molecule has 0 spiro atoms. The molecule has 0 aromatic heterocycles. The van der Waals surface area contributed by atoms with E-state index in [9.17, 15) is 14.7 Å². The second-order valence-electron chi connectivity index (χ2n) is 9.53. The number of carboxylic acid groups (broad SMARTS) is 1. The van der Waals surface area contributed by atoms with Crippen LogP contribution in [0, 0.1) is 6.92 Å². The van der Waals surface area contributed by atoms with Crippen LogP contribution < -0.4 is 16.6 Å². The minimum atomic E-state index is -0.886. The highest BCUT2D eigenvalue weighted by Gasteiger charge is 2.29. The van der Waals surface area contributed by atoms with Crippen LogP contribution in [0.5, 0.6) is 0 Å². The standard InChI is InChI=1S/C29H34N4O3/c1-4-33(31)26-13-12-24(19(3)28(26)30)25(16-27(34)35)22-11-10-21-14-18(2)32(17-23(21)15-22)29(36)20-8-6-5-7-9-20/h5-13,15,18,25H,4,14,16-17,30-31H2,1-3H3,(H,34,35). The van der Waals surface area contributed by atoms with Gasteiger partial charge in [-0.3, -0.25) is 9.59 Å². The van der Waals surface area contributed by atoms with Gasteiger partial charge >= 0.3 is 5.97 Å². The first kappa shape index (κ1) is 25.3. The van der Waals surface area contributed by atoms with Gasteiger partial charge in [0.1, 0.15) is 0 Å². The first-order valence-corrected chi connectivity index (χ1v) is 12.3. The molecule has 188 valence electrons. The molecule has 0 saturated carbocycles. The Labute approximate surface area is 212 Å². The summed E-state index contributed by atoms with van der Waals surface area (Å²) in [5, 5.41) is 11.3. The second kappa shape index (κ2) is 10.4. The van der Waals surface area contributed by atoms with Gasteiger partial charge < -0.3 is 20.7 Å². The predicted octanol–water partition coefficient (Wildman–Crippen LogP) is 4.47. The van der Waals surface area contributed by atoms with E-state index in [-0.39, 0.29) is 24.3 Å². The number of benzene rings is 3. The van der Waals surface area contributed by atoms with Crippen LogP contribution in [0.25, 0.3) is 0 Å². The van der Waals surface area contributed by atoms with Gasteiger partial charge in [0.05, 0.1) is 17.8 Å².